The molecule has 206 valence electrons. The van der Waals surface area contributed by atoms with Gasteiger partial charge in [-0.05, 0) is 78.7 Å². The van der Waals surface area contributed by atoms with Gasteiger partial charge in [-0.2, -0.15) is 0 Å². The summed E-state index contributed by atoms with van der Waals surface area (Å²) in [6, 6.07) is 3.70. The molecule has 0 heterocycles. The number of carbonyl (C=O) groups excluding carboxylic acids is 5. The van der Waals surface area contributed by atoms with Crippen LogP contribution in [0.2, 0.25) is 0 Å². The Labute approximate surface area is 225 Å². The number of hydrogen-bond donors (Lipinski definition) is 4. The van der Waals surface area contributed by atoms with E-state index in [-0.39, 0.29) is 17.2 Å². The first-order valence-corrected chi connectivity index (χ1v) is 14.2. The molecule has 9 nitrogen and oxygen atoms in total. The summed E-state index contributed by atoms with van der Waals surface area (Å²) in [4.78, 5) is 65.6. The average Bonchev–Trinajstić information content (AvgIpc) is 2.86. The number of fused-ring (bicyclic) bond motifs is 3. The van der Waals surface area contributed by atoms with E-state index < -0.39 is 76.8 Å². The van der Waals surface area contributed by atoms with E-state index in [2.05, 4.69) is 0 Å². The third-order valence-corrected chi connectivity index (χ3v) is 11.5. The molecule has 7 aliphatic carbocycles. The van der Waals surface area contributed by atoms with Crippen molar-refractivity contribution in [2.75, 3.05) is 0 Å². The van der Waals surface area contributed by atoms with Crippen molar-refractivity contribution >= 4 is 29.0 Å². The van der Waals surface area contributed by atoms with Crippen LogP contribution in [-0.4, -0.2) is 56.1 Å². The molecule has 1 aromatic carbocycles. The number of carbonyl (C=O) groups is 5. The summed E-state index contributed by atoms with van der Waals surface area (Å²) in [6.07, 6.45) is 3.61. The van der Waals surface area contributed by atoms with Crippen LogP contribution in [0.15, 0.2) is 12.1 Å². The van der Waals surface area contributed by atoms with Crippen LogP contribution in [0.5, 0.6) is 5.75 Å². The van der Waals surface area contributed by atoms with Gasteiger partial charge in [-0.3, -0.25) is 24.0 Å². The van der Waals surface area contributed by atoms with Gasteiger partial charge < -0.3 is 21.1 Å². The Morgan fingerprint density at radius 2 is 1.54 bits per heavy atom. The standard InChI is InChI=1S/C30H33NO8/c1-10-15-2-3-16(20-13-5-11-4-12(7-13)8-14(20)6-11)24(33)21(15)26(35)23-19(10)25(34)17-9-18(32)22(29(31)38)27(36)30(17,39)28(23)37/h2-3,10-14,17,19-20,22-23,25,33-34,39H,4-9H2,1H3,(H2,31,38)/t10-,11?,12?,13?,14?,17+,19+,20?,22?,23?,25+,30+/m0/s1. The minimum absolute atomic E-state index is 0.0171. The highest BCUT2D eigenvalue weighted by Crippen LogP contribution is 2.62. The first kappa shape index (κ1) is 25.1. The van der Waals surface area contributed by atoms with Gasteiger partial charge in [0.2, 0.25) is 5.91 Å². The number of hydrogen-bond acceptors (Lipinski definition) is 8. The van der Waals surface area contributed by atoms with Crippen LogP contribution in [-0.2, 0) is 19.2 Å². The van der Waals surface area contributed by atoms with Gasteiger partial charge in [0.05, 0.1) is 17.6 Å². The van der Waals surface area contributed by atoms with Gasteiger partial charge in [0.25, 0.3) is 0 Å². The van der Waals surface area contributed by atoms with E-state index in [4.69, 9.17) is 5.73 Å². The topological polar surface area (TPSA) is 172 Å². The van der Waals surface area contributed by atoms with Crippen molar-refractivity contribution in [1.82, 2.24) is 0 Å². The molecule has 0 saturated heterocycles. The van der Waals surface area contributed by atoms with Gasteiger partial charge in [0.1, 0.15) is 5.75 Å². The van der Waals surface area contributed by atoms with Gasteiger partial charge in [-0.15, -0.1) is 0 Å². The lowest BCUT2D eigenvalue weighted by Gasteiger charge is -2.55. The van der Waals surface area contributed by atoms with E-state index in [1.54, 1.807) is 6.92 Å². The largest absolute Gasteiger partial charge is 0.507 e. The van der Waals surface area contributed by atoms with Crippen LogP contribution in [0.25, 0.3) is 0 Å². The minimum atomic E-state index is -2.89. The maximum Gasteiger partial charge on any atom is 0.235 e. The summed E-state index contributed by atoms with van der Waals surface area (Å²) in [5.74, 6) is -9.75. The van der Waals surface area contributed by atoms with Crippen LogP contribution in [0.3, 0.4) is 0 Å². The molecule has 1 amide bonds. The molecular formula is C30H33NO8. The number of benzene rings is 1. The average molecular weight is 536 g/mol. The number of amides is 1. The predicted octanol–water partition coefficient (Wildman–Crippen LogP) is 1.40. The molecule has 0 spiro atoms. The van der Waals surface area contributed by atoms with E-state index in [1.807, 2.05) is 12.1 Å². The molecule has 6 fully saturated rings. The fourth-order valence-electron chi connectivity index (χ4n) is 10.1. The summed E-state index contributed by atoms with van der Waals surface area (Å²) < 4.78 is 0. The molecule has 8 rings (SSSR count). The minimum Gasteiger partial charge on any atom is -0.507 e. The summed E-state index contributed by atoms with van der Waals surface area (Å²) in [6.45, 7) is 1.74. The van der Waals surface area contributed by atoms with Crippen LogP contribution >= 0.6 is 0 Å². The van der Waals surface area contributed by atoms with Crippen molar-refractivity contribution in [1.29, 1.82) is 0 Å². The Morgan fingerprint density at radius 1 is 0.949 bits per heavy atom. The number of aliphatic hydroxyl groups excluding tert-OH is 1. The molecule has 0 aromatic heterocycles. The maximum absolute atomic E-state index is 14.0. The molecule has 5 N–H and O–H groups in total. The molecule has 7 aliphatic rings. The molecule has 9 heteroatoms. The van der Waals surface area contributed by atoms with Crippen LogP contribution in [0.4, 0.5) is 0 Å². The van der Waals surface area contributed by atoms with Crippen LogP contribution < -0.4 is 5.73 Å². The highest BCUT2D eigenvalue weighted by Gasteiger charge is 2.70. The summed E-state index contributed by atoms with van der Waals surface area (Å²) >= 11 is 0. The quantitative estimate of drug-likeness (QED) is 0.412. The van der Waals surface area contributed by atoms with Crippen molar-refractivity contribution in [2.45, 2.75) is 69.0 Å². The molecule has 2 unspecified atom stereocenters. The second kappa shape index (κ2) is 8.07. The number of Topliss-reactive ketones (excluding diaryl/α,β-unsaturated/α-hetero) is 4. The second-order valence-electron chi connectivity index (χ2n) is 13.2. The Morgan fingerprint density at radius 3 is 2.13 bits per heavy atom. The van der Waals surface area contributed by atoms with E-state index >= 15 is 0 Å². The molecule has 0 aliphatic heterocycles. The number of aromatic hydroxyl groups is 1. The zero-order valence-electron chi connectivity index (χ0n) is 21.7. The van der Waals surface area contributed by atoms with E-state index in [1.165, 1.54) is 6.42 Å². The predicted molar refractivity (Wildman–Crippen MR) is 134 cm³/mol. The van der Waals surface area contributed by atoms with Crippen molar-refractivity contribution in [3.05, 3.63) is 28.8 Å². The van der Waals surface area contributed by atoms with E-state index in [0.717, 1.165) is 43.1 Å². The van der Waals surface area contributed by atoms with Crippen molar-refractivity contribution < 1.29 is 39.3 Å². The molecule has 0 radical (unpaired) electrons. The van der Waals surface area contributed by atoms with Crippen molar-refractivity contribution in [2.24, 2.45) is 53.1 Å². The SMILES string of the molecule is C[C@H]1c2ccc(C3C4CC5CC(C4)CC3C5)c(O)c2C(=O)C2C(=O)[C@]3(O)C(=O)C(C(N)=O)C(=O)C[C@@H]3[C@@H](O)[C@@H]21. The van der Waals surface area contributed by atoms with Crippen molar-refractivity contribution in [3.63, 3.8) is 0 Å². The van der Waals surface area contributed by atoms with E-state index in [0.29, 0.717) is 17.4 Å². The third-order valence-electron chi connectivity index (χ3n) is 11.5. The first-order chi connectivity index (χ1) is 18.4. The lowest BCUT2D eigenvalue weighted by atomic mass is 9.49. The molecular weight excluding hydrogens is 502 g/mol. The molecule has 6 saturated carbocycles. The second-order valence-corrected chi connectivity index (χ2v) is 13.2. The zero-order valence-corrected chi connectivity index (χ0v) is 21.7. The van der Waals surface area contributed by atoms with Gasteiger partial charge in [0, 0.05) is 18.3 Å². The van der Waals surface area contributed by atoms with E-state index in [9.17, 15) is 39.3 Å². The fraction of sp³-hybridized carbons (Fsp3) is 0.633. The summed E-state index contributed by atoms with van der Waals surface area (Å²) in [5.41, 5.74) is 3.59. The van der Waals surface area contributed by atoms with Crippen LogP contribution in [0.1, 0.15) is 78.8 Å². The van der Waals surface area contributed by atoms with Crippen LogP contribution in [0, 0.1) is 47.3 Å². The fourth-order valence-corrected chi connectivity index (χ4v) is 10.1. The Hall–Kier alpha value is -2.91. The van der Waals surface area contributed by atoms with Crippen molar-refractivity contribution in [3.8, 4) is 5.75 Å². The summed E-state index contributed by atoms with van der Waals surface area (Å²) in [5, 5.41) is 34.5. The number of aliphatic hydroxyl groups is 2. The highest BCUT2D eigenvalue weighted by molar-refractivity contribution is 6.31. The number of rotatable bonds is 2. The lowest BCUT2D eigenvalue weighted by molar-refractivity contribution is -0.189. The monoisotopic (exact) mass is 535 g/mol. The van der Waals surface area contributed by atoms with Gasteiger partial charge in [-0.1, -0.05) is 19.1 Å². The number of primary amides is 1. The van der Waals surface area contributed by atoms with Gasteiger partial charge in [0.15, 0.2) is 34.7 Å². The zero-order chi connectivity index (χ0) is 27.7. The molecule has 4 bridgehead atoms. The van der Waals surface area contributed by atoms with Gasteiger partial charge in [-0.25, -0.2) is 0 Å². The Balaban J connectivity index is 1.32. The van der Waals surface area contributed by atoms with Gasteiger partial charge >= 0.3 is 0 Å². The molecule has 39 heavy (non-hydrogen) atoms. The number of nitrogens with two attached hydrogens (primary N) is 1. The maximum atomic E-state index is 14.0. The smallest absolute Gasteiger partial charge is 0.235 e. The molecule has 1 aromatic rings. The normalized spacial score (nSPS) is 46.1. The summed E-state index contributed by atoms with van der Waals surface area (Å²) in [7, 11) is 0. The third kappa shape index (κ3) is 3.06. The highest BCUT2D eigenvalue weighted by atomic mass is 16.3. The first-order valence-electron chi connectivity index (χ1n) is 14.2. The number of phenolic OH excluding ortho intramolecular Hbond substituents is 1. The Bertz CT molecular complexity index is 1340. The molecule has 7 atom stereocenters. The number of ketones is 4. The lowest BCUT2D eigenvalue weighted by Crippen LogP contribution is -2.72. The Kier molecular flexibility index (Phi) is 5.19. The number of phenols is 1.